The average molecular weight is 399 g/mol. The molecule has 4 rings (SSSR count). The number of ether oxygens (including phenoxy) is 1. The van der Waals surface area contributed by atoms with Crippen LogP contribution >= 0.6 is 0 Å². The Morgan fingerprint density at radius 3 is 2.71 bits per heavy atom. The zero-order valence-electron chi connectivity index (χ0n) is 15.7. The zero-order valence-corrected chi connectivity index (χ0v) is 16.5. The Hall–Kier alpha value is -2.91. The predicted molar refractivity (Wildman–Crippen MR) is 105 cm³/mol. The summed E-state index contributed by atoms with van der Waals surface area (Å²) in [5.41, 5.74) is 2.83. The van der Waals surface area contributed by atoms with E-state index < -0.39 is 10.0 Å². The third kappa shape index (κ3) is 3.58. The molecule has 2 aromatic carbocycles. The van der Waals surface area contributed by atoms with Crippen molar-refractivity contribution in [1.29, 1.82) is 0 Å². The molecule has 8 nitrogen and oxygen atoms in total. The van der Waals surface area contributed by atoms with E-state index in [0.717, 1.165) is 11.4 Å². The van der Waals surface area contributed by atoms with Gasteiger partial charge in [0, 0.05) is 7.05 Å². The first-order valence-electron chi connectivity index (χ1n) is 8.90. The van der Waals surface area contributed by atoms with Crippen molar-refractivity contribution in [2.45, 2.75) is 18.4 Å². The van der Waals surface area contributed by atoms with Crippen LogP contribution in [-0.4, -0.2) is 43.6 Å². The van der Waals surface area contributed by atoms with E-state index in [9.17, 15) is 8.42 Å². The number of nitrogens with one attached hydrogen (secondary N) is 1. The second kappa shape index (κ2) is 7.25. The predicted octanol–water partition coefficient (Wildman–Crippen LogP) is 1.88. The van der Waals surface area contributed by atoms with Crippen LogP contribution in [0.3, 0.4) is 0 Å². The number of para-hydroxylation sites is 1. The highest BCUT2D eigenvalue weighted by atomic mass is 32.2. The molecule has 3 aromatic rings. The number of benzene rings is 2. The van der Waals surface area contributed by atoms with E-state index in [4.69, 9.17) is 4.74 Å². The first-order chi connectivity index (χ1) is 13.4. The molecule has 146 valence electrons. The van der Waals surface area contributed by atoms with E-state index in [1.807, 2.05) is 42.3 Å². The standard InChI is InChI=1S/C19H21N5O3S/c1-14-17(22-24(21-14)15-6-4-3-5-7-15)13-20-28(25,26)16-8-9-19-18(12-16)23(2)10-11-27-19/h3-9,12,20H,10-11,13H2,1-2H3. The van der Waals surface area contributed by atoms with Crippen molar-refractivity contribution in [3.8, 4) is 11.4 Å². The molecule has 2 heterocycles. The van der Waals surface area contributed by atoms with Crippen molar-refractivity contribution >= 4 is 15.7 Å². The fraction of sp³-hybridized carbons (Fsp3) is 0.263. The highest BCUT2D eigenvalue weighted by molar-refractivity contribution is 7.89. The summed E-state index contributed by atoms with van der Waals surface area (Å²) in [6.45, 7) is 3.17. The Morgan fingerprint density at radius 1 is 1.14 bits per heavy atom. The maximum atomic E-state index is 12.8. The summed E-state index contributed by atoms with van der Waals surface area (Å²) >= 11 is 0. The Kier molecular flexibility index (Phi) is 4.78. The number of aromatic nitrogens is 3. The first-order valence-corrected chi connectivity index (χ1v) is 10.4. The van der Waals surface area contributed by atoms with Gasteiger partial charge in [-0.1, -0.05) is 18.2 Å². The molecule has 1 aliphatic heterocycles. The molecule has 0 saturated heterocycles. The summed E-state index contributed by atoms with van der Waals surface area (Å²) < 4.78 is 33.7. The molecular formula is C19H21N5O3S. The second-order valence-corrected chi connectivity index (χ2v) is 8.35. The van der Waals surface area contributed by atoms with Crippen LogP contribution < -0.4 is 14.4 Å². The maximum absolute atomic E-state index is 12.8. The Bertz CT molecular complexity index is 1100. The average Bonchev–Trinajstić information content (AvgIpc) is 3.08. The number of likely N-dealkylation sites (N-methyl/N-ethyl adjacent to an activating group) is 1. The van der Waals surface area contributed by atoms with E-state index in [-0.39, 0.29) is 11.4 Å². The van der Waals surface area contributed by atoms with Gasteiger partial charge in [-0.05, 0) is 37.3 Å². The number of rotatable bonds is 5. The Balaban J connectivity index is 1.53. The number of aryl methyl sites for hydroxylation is 1. The molecule has 0 amide bonds. The summed E-state index contributed by atoms with van der Waals surface area (Å²) in [6.07, 6.45) is 0. The molecule has 9 heteroatoms. The molecule has 0 atom stereocenters. The van der Waals surface area contributed by atoms with Crippen LogP contribution in [0, 0.1) is 6.92 Å². The lowest BCUT2D eigenvalue weighted by atomic mass is 10.2. The largest absolute Gasteiger partial charge is 0.490 e. The monoisotopic (exact) mass is 399 g/mol. The number of hydrogen-bond donors (Lipinski definition) is 1. The van der Waals surface area contributed by atoms with Gasteiger partial charge in [0.25, 0.3) is 0 Å². The lowest BCUT2D eigenvalue weighted by Gasteiger charge is -2.28. The molecule has 28 heavy (non-hydrogen) atoms. The van der Waals surface area contributed by atoms with Crippen molar-refractivity contribution in [2.75, 3.05) is 25.1 Å². The third-order valence-corrected chi connectivity index (χ3v) is 6.03. The van der Waals surface area contributed by atoms with Gasteiger partial charge in [0.15, 0.2) is 0 Å². The van der Waals surface area contributed by atoms with Crippen LogP contribution in [0.4, 0.5) is 5.69 Å². The fourth-order valence-corrected chi connectivity index (χ4v) is 4.00. The summed E-state index contributed by atoms with van der Waals surface area (Å²) in [5, 5.41) is 8.78. The van der Waals surface area contributed by atoms with E-state index >= 15 is 0 Å². The SMILES string of the molecule is Cc1nn(-c2ccccc2)nc1CNS(=O)(=O)c1ccc2c(c1)N(C)CCO2. The van der Waals surface area contributed by atoms with Gasteiger partial charge in [0.05, 0.1) is 35.1 Å². The van der Waals surface area contributed by atoms with Crippen LogP contribution in [0.5, 0.6) is 5.75 Å². The molecule has 1 aromatic heterocycles. The number of hydrogen-bond acceptors (Lipinski definition) is 6. The quantitative estimate of drug-likeness (QED) is 0.705. The Labute approximate surface area is 163 Å². The number of nitrogens with zero attached hydrogens (tertiary/aromatic N) is 4. The van der Waals surface area contributed by atoms with Gasteiger partial charge in [-0.25, -0.2) is 13.1 Å². The van der Waals surface area contributed by atoms with E-state index in [1.165, 1.54) is 4.80 Å². The van der Waals surface area contributed by atoms with Gasteiger partial charge < -0.3 is 9.64 Å². The minimum atomic E-state index is -3.70. The topological polar surface area (TPSA) is 89.3 Å². The summed E-state index contributed by atoms with van der Waals surface area (Å²) in [4.78, 5) is 3.68. The van der Waals surface area contributed by atoms with Crippen LogP contribution in [0.25, 0.3) is 5.69 Å². The molecule has 0 spiro atoms. The molecule has 0 unspecified atom stereocenters. The third-order valence-electron chi connectivity index (χ3n) is 4.63. The highest BCUT2D eigenvalue weighted by Crippen LogP contribution is 2.32. The van der Waals surface area contributed by atoms with E-state index in [0.29, 0.717) is 30.3 Å². The number of fused-ring (bicyclic) bond motifs is 1. The maximum Gasteiger partial charge on any atom is 0.241 e. The van der Waals surface area contributed by atoms with Crippen LogP contribution in [0.15, 0.2) is 53.4 Å². The van der Waals surface area contributed by atoms with Gasteiger partial charge in [-0.3, -0.25) is 0 Å². The number of anilines is 1. The molecule has 0 bridgehead atoms. The molecule has 1 aliphatic rings. The lowest BCUT2D eigenvalue weighted by Crippen LogP contribution is -2.29. The summed E-state index contributed by atoms with van der Waals surface area (Å²) in [7, 11) is -1.78. The van der Waals surface area contributed by atoms with E-state index in [2.05, 4.69) is 14.9 Å². The van der Waals surface area contributed by atoms with Crippen LogP contribution in [0.2, 0.25) is 0 Å². The van der Waals surface area contributed by atoms with Gasteiger partial charge >= 0.3 is 0 Å². The number of sulfonamides is 1. The van der Waals surface area contributed by atoms with E-state index in [1.54, 1.807) is 25.1 Å². The van der Waals surface area contributed by atoms with Gasteiger partial charge in [-0.15, -0.1) is 0 Å². The van der Waals surface area contributed by atoms with Crippen molar-refractivity contribution < 1.29 is 13.2 Å². The van der Waals surface area contributed by atoms with Crippen molar-refractivity contribution in [3.05, 3.63) is 59.9 Å². The summed E-state index contributed by atoms with van der Waals surface area (Å²) in [6, 6.07) is 14.4. The second-order valence-electron chi connectivity index (χ2n) is 6.58. The minimum Gasteiger partial charge on any atom is -0.490 e. The molecule has 0 radical (unpaired) electrons. The minimum absolute atomic E-state index is 0.0599. The van der Waals surface area contributed by atoms with Gasteiger partial charge in [-0.2, -0.15) is 15.0 Å². The molecule has 0 saturated carbocycles. The molecule has 1 N–H and O–H groups in total. The zero-order chi connectivity index (χ0) is 19.7. The smallest absolute Gasteiger partial charge is 0.241 e. The first kappa shape index (κ1) is 18.5. The summed E-state index contributed by atoms with van der Waals surface area (Å²) in [5.74, 6) is 0.689. The fourth-order valence-electron chi connectivity index (χ4n) is 2.99. The molecule has 0 aliphatic carbocycles. The molecular weight excluding hydrogens is 378 g/mol. The van der Waals surface area contributed by atoms with Crippen LogP contribution in [0.1, 0.15) is 11.4 Å². The van der Waals surface area contributed by atoms with Gasteiger partial charge in [0.2, 0.25) is 10.0 Å². The van der Waals surface area contributed by atoms with Crippen LogP contribution in [-0.2, 0) is 16.6 Å². The highest BCUT2D eigenvalue weighted by Gasteiger charge is 2.21. The van der Waals surface area contributed by atoms with Crippen molar-refractivity contribution in [2.24, 2.45) is 0 Å². The van der Waals surface area contributed by atoms with Crippen molar-refractivity contribution in [1.82, 2.24) is 19.7 Å². The molecule has 0 fully saturated rings. The Morgan fingerprint density at radius 2 is 1.93 bits per heavy atom. The van der Waals surface area contributed by atoms with Gasteiger partial charge in [0.1, 0.15) is 18.1 Å². The van der Waals surface area contributed by atoms with Crippen molar-refractivity contribution in [3.63, 3.8) is 0 Å². The lowest BCUT2D eigenvalue weighted by molar-refractivity contribution is 0.311. The normalized spacial score (nSPS) is 13.9.